The van der Waals surface area contributed by atoms with E-state index >= 15 is 0 Å². The summed E-state index contributed by atoms with van der Waals surface area (Å²) in [7, 11) is 0. The van der Waals surface area contributed by atoms with Crippen LogP contribution in [0, 0.1) is 17.9 Å². The van der Waals surface area contributed by atoms with Crippen LogP contribution in [0.5, 0.6) is 0 Å². The van der Waals surface area contributed by atoms with Gasteiger partial charge >= 0.3 is 0 Å². The third kappa shape index (κ3) is 4.01. The predicted molar refractivity (Wildman–Crippen MR) is 197 cm³/mol. The highest BCUT2D eigenvalue weighted by Crippen LogP contribution is 2.44. The maximum absolute atomic E-state index is 10.3. The summed E-state index contributed by atoms with van der Waals surface area (Å²) in [5.41, 5.74) is 11.1. The molecule has 0 bridgehead atoms. The zero-order valence-electron chi connectivity index (χ0n) is 25.8. The molecule has 2 heterocycles. The Balaban J connectivity index is 1.32. The fourth-order valence-corrected chi connectivity index (χ4v) is 7.37. The average molecular weight is 611 g/mol. The van der Waals surface area contributed by atoms with Crippen molar-refractivity contribution in [3.8, 4) is 39.7 Å². The van der Waals surface area contributed by atoms with E-state index in [4.69, 9.17) is 6.57 Å². The molecular weight excluding hydrogens is 585 g/mol. The monoisotopic (exact) mass is 610 g/mol. The minimum absolute atomic E-state index is 0.583. The summed E-state index contributed by atoms with van der Waals surface area (Å²) >= 11 is 0. The van der Waals surface area contributed by atoms with Gasteiger partial charge in [-0.1, -0.05) is 121 Å². The number of nitrogens with zero attached hydrogens (tertiary/aromatic N) is 4. The Morgan fingerprint density at radius 1 is 0.479 bits per heavy atom. The summed E-state index contributed by atoms with van der Waals surface area (Å²) in [5, 5.41) is 14.9. The van der Waals surface area contributed by atoms with Crippen molar-refractivity contribution in [2.24, 2.45) is 0 Å². The van der Waals surface area contributed by atoms with Crippen LogP contribution in [0.1, 0.15) is 5.56 Å². The van der Waals surface area contributed by atoms with Crippen LogP contribution in [0.25, 0.3) is 82.1 Å². The lowest BCUT2D eigenvalue weighted by atomic mass is 9.92. The normalized spacial score (nSPS) is 11.3. The summed E-state index contributed by atoms with van der Waals surface area (Å²) in [6, 6.07) is 56.4. The number of fused-ring (bicyclic) bond motifs is 6. The number of aromatic nitrogens is 2. The molecule has 0 spiro atoms. The second-order valence-electron chi connectivity index (χ2n) is 11.9. The molecular formula is C44H26N4. The van der Waals surface area contributed by atoms with Gasteiger partial charge in [0.25, 0.3) is 0 Å². The van der Waals surface area contributed by atoms with Crippen molar-refractivity contribution in [2.45, 2.75) is 0 Å². The van der Waals surface area contributed by atoms with Crippen LogP contribution < -0.4 is 0 Å². The van der Waals surface area contributed by atoms with Crippen LogP contribution >= 0.6 is 0 Å². The molecule has 0 aliphatic carbocycles. The second kappa shape index (κ2) is 10.9. The van der Waals surface area contributed by atoms with Crippen LogP contribution in [-0.4, -0.2) is 9.13 Å². The fourth-order valence-electron chi connectivity index (χ4n) is 7.37. The van der Waals surface area contributed by atoms with Crippen LogP contribution in [0.2, 0.25) is 0 Å². The van der Waals surface area contributed by atoms with E-state index in [9.17, 15) is 5.26 Å². The Kier molecular flexibility index (Phi) is 6.22. The van der Waals surface area contributed by atoms with E-state index in [1.807, 2.05) is 36.4 Å². The van der Waals surface area contributed by atoms with Crippen molar-refractivity contribution in [1.82, 2.24) is 9.13 Å². The lowest BCUT2D eigenvalue weighted by molar-refractivity contribution is 1.17. The lowest BCUT2D eigenvalue weighted by Gasteiger charge is -2.19. The van der Waals surface area contributed by atoms with E-state index in [2.05, 4.69) is 141 Å². The molecule has 0 unspecified atom stereocenters. The second-order valence-corrected chi connectivity index (χ2v) is 11.9. The topological polar surface area (TPSA) is 38.0 Å². The molecule has 4 nitrogen and oxygen atoms in total. The van der Waals surface area contributed by atoms with Gasteiger partial charge in [-0.05, 0) is 58.7 Å². The first-order valence-electron chi connectivity index (χ1n) is 15.9. The largest absolute Gasteiger partial charge is 0.318 e. The van der Waals surface area contributed by atoms with E-state index in [-0.39, 0.29) is 0 Å². The van der Waals surface area contributed by atoms with E-state index in [1.54, 1.807) is 0 Å². The molecule has 0 aliphatic rings. The molecule has 0 saturated heterocycles. The molecule has 0 atom stereocenters. The summed E-state index contributed by atoms with van der Waals surface area (Å²) in [4.78, 5) is 4.05. The Morgan fingerprint density at radius 3 is 1.50 bits per heavy atom. The van der Waals surface area contributed by atoms with Crippen molar-refractivity contribution in [2.75, 3.05) is 0 Å². The van der Waals surface area contributed by atoms with Crippen LogP contribution in [-0.2, 0) is 0 Å². The Labute approximate surface area is 277 Å². The molecule has 9 aromatic rings. The molecule has 0 N–H and O–H groups in total. The van der Waals surface area contributed by atoms with Gasteiger partial charge in [0.15, 0.2) is 0 Å². The highest BCUT2D eigenvalue weighted by atomic mass is 15.0. The first kappa shape index (κ1) is 27.4. The van der Waals surface area contributed by atoms with Gasteiger partial charge in [0.1, 0.15) is 6.07 Å². The van der Waals surface area contributed by atoms with Gasteiger partial charge in [0.2, 0.25) is 5.69 Å². The van der Waals surface area contributed by atoms with Crippen molar-refractivity contribution in [3.05, 3.63) is 175 Å². The van der Waals surface area contributed by atoms with Gasteiger partial charge in [0, 0.05) is 21.5 Å². The molecule has 0 radical (unpaired) electrons. The van der Waals surface area contributed by atoms with E-state index in [1.165, 1.54) is 0 Å². The quantitative estimate of drug-likeness (QED) is 0.183. The molecule has 9 rings (SSSR count). The summed E-state index contributed by atoms with van der Waals surface area (Å²) in [5.74, 6) is 0. The Morgan fingerprint density at radius 2 is 0.958 bits per heavy atom. The van der Waals surface area contributed by atoms with E-state index < -0.39 is 0 Å². The highest BCUT2D eigenvalue weighted by Gasteiger charge is 2.21. The Bertz CT molecular complexity index is 2710. The van der Waals surface area contributed by atoms with E-state index in [0.29, 0.717) is 11.3 Å². The number of para-hydroxylation sites is 5. The maximum atomic E-state index is 10.3. The molecule has 7 aromatic carbocycles. The third-order valence-electron chi connectivity index (χ3n) is 9.41. The van der Waals surface area contributed by atoms with Gasteiger partial charge in [-0.15, -0.1) is 0 Å². The fraction of sp³-hybridized carbons (Fsp3) is 0. The zero-order chi connectivity index (χ0) is 32.2. The summed E-state index contributed by atoms with van der Waals surface area (Å²) in [6.45, 7) is 8.24. The van der Waals surface area contributed by atoms with Crippen molar-refractivity contribution in [1.29, 1.82) is 5.26 Å². The van der Waals surface area contributed by atoms with E-state index in [0.717, 1.165) is 77.2 Å². The van der Waals surface area contributed by atoms with Crippen LogP contribution in [0.4, 0.5) is 5.69 Å². The standard InChI is InChI=1S/C44H26N4/c1-46-38-20-12-19-37(44(38)48-41-23-10-6-17-35(41)36-18-7-11-24-42(36)48)32-14-3-2-13-31(32)29-25-26-30(28-45)43(27-29)47-39-21-8-4-15-33(39)34-16-5-9-22-40(34)47/h2-27H. The number of hydrogen-bond acceptors (Lipinski definition) is 1. The lowest BCUT2D eigenvalue weighted by Crippen LogP contribution is -2.00. The molecule has 2 aromatic heterocycles. The average Bonchev–Trinajstić information content (AvgIpc) is 3.67. The minimum atomic E-state index is 0.583. The number of benzene rings is 7. The molecule has 4 heteroatoms. The number of nitriles is 1. The van der Waals surface area contributed by atoms with Gasteiger partial charge in [-0.25, -0.2) is 4.85 Å². The number of hydrogen-bond donors (Lipinski definition) is 0. The molecule has 0 aliphatic heterocycles. The first-order valence-corrected chi connectivity index (χ1v) is 15.9. The van der Waals surface area contributed by atoms with Gasteiger partial charge in [-0.2, -0.15) is 5.26 Å². The van der Waals surface area contributed by atoms with Crippen LogP contribution in [0.3, 0.4) is 0 Å². The van der Waals surface area contributed by atoms with Crippen LogP contribution in [0.15, 0.2) is 158 Å². The summed E-state index contributed by atoms with van der Waals surface area (Å²) in [6.07, 6.45) is 0. The van der Waals surface area contributed by atoms with Crippen molar-refractivity contribution in [3.63, 3.8) is 0 Å². The van der Waals surface area contributed by atoms with Gasteiger partial charge in [-0.3, -0.25) is 0 Å². The molecule has 48 heavy (non-hydrogen) atoms. The molecule has 0 amide bonds. The van der Waals surface area contributed by atoms with Gasteiger partial charge in [0.05, 0.1) is 45.6 Å². The first-order chi connectivity index (χ1) is 23.8. The highest BCUT2D eigenvalue weighted by molar-refractivity contribution is 6.11. The smallest absolute Gasteiger partial charge is 0.211 e. The molecule has 0 fully saturated rings. The SMILES string of the molecule is [C-]#[N+]c1cccc(-c2ccccc2-c2ccc(C#N)c(-n3c4ccccc4c4ccccc43)c2)c1-n1c2ccccc2c2ccccc21. The van der Waals surface area contributed by atoms with Crippen molar-refractivity contribution >= 4 is 49.3 Å². The maximum Gasteiger partial charge on any atom is 0.211 e. The Hall–Kier alpha value is -6.88. The minimum Gasteiger partial charge on any atom is -0.318 e. The zero-order valence-corrected chi connectivity index (χ0v) is 25.8. The van der Waals surface area contributed by atoms with Crippen molar-refractivity contribution < 1.29 is 0 Å². The number of rotatable bonds is 4. The third-order valence-corrected chi connectivity index (χ3v) is 9.41. The predicted octanol–water partition coefficient (Wildman–Crippen LogP) is 11.6. The molecule has 0 saturated carbocycles. The summed E-state index contributed by atoms with van der Waals surface area (Å²) < 4.78 is 4.45. The molecule has 222 valence electrons. The van der Waals surface area contributed by atoms with Gasteiger partial charge < -0.3 is 9.13 Å².